The third-order valence-corrected chi connectivity index (χ3v) is 6.11. The van der Waals surface area contributed by atoms with Crippen LogP contribution in [-0.4, -0.2) is 42.1 Å². The molecule has 0 saturated heterocycles. The lowest BCUT2D eigenvalue weighted by Gasteiger charge is -2.30. The second-order valence-electron chi connectivity index (χ2n) is 5.65. The predicted octanol–water partition coefficient (Wildman–Crippen LogP) is 2.49. The Hall–Kier alpha value is -2.74. The number of sulfonamides is 1. The quantitative estimate of drug-likeness (QED) is 0.796. The number of nitrogens with zero attached hydrogens (tertiary/aromatic N) is 1. The number of rotatable bonds is 5. The molecule has 7 nitrogen and oxygen atoms in total. The summed E-state index contributed by atoms with van der Waals surface area (Å²) < 4.78 is 43.2. The van der Waals surface area contributed by atoms with Gasteiger partial charge in [-0.1, -0.05) is 0 Å². The molecule has 0 fully saturated rings. The number of hydrogen-bond acceptors (Lipinski definition) is 6. The Balaban J connectivity index is 2.12. The maximum Gasteiger partial charge on any atom is 0.268 e. The highest BCUT2D eigenvalue weighted by Crippen LogP contribution is 2.37. The van der Waals surface area contributed by atoms with Crippen LogP contribution in [0.3, 0.4) is 0 Å². The van der Waals surface area contributed by atoms with Crippen molar-refractivity contribution < 1.29 is 27.4 Å². The monoisotopic (exact) mass is 377 g/mol. The highest BCUT2D eigenvalue weighted by molar-refractivity contribution is 7.93. The molecule has 26 heavy (non-hydrogen) atoms. The molecule has 2 aromatic carbocycles. The maximum absolute atomic E-state index is 13.3. The Morgan fingerprint density at radius 1 is 0.923 bits per heavy atom. The van der Waals surface area contributed by atoms with E-state index in [9.17, 15) is 13.2 Å². The van der Waals surface area contributed by atoms with Crippen LogP contribution in [-0.2, 0) is 10.0 Å². The molecule has 1 aliphatic rings. The van der Waals surface area contributed by atoms with E-state index in [-0.39, 0.29) is 29.4 Å². The third-order valence-electron chi connectivity index (χ3n) is 4.25. The lowest BCUT2D eigenvalue weighted by molar-refractivity contribution is 0.0981. The first kappa shape index (κ1) is 18.1. The Kier molecular flexibility index (Phi) is 4.78. The van der Waals surface area contributed by atoms with Crippen LogP contribution in [0, 0.1) is 0 Å². The van der Waals surface area contributed by atoms with Gasteiger partial charge in [0.2, 0.25) is 0 Å². The molecule has 0 bridgehead atoms. The van der Waals surface area contributed by atoms with Crippen LogP contribution < -0.4 is 18.5 Å². The standard InChI is InChI=1S/C18H19NO6S/c1-23-12-4-6-15-14(10-12)16(20)8-9-19(15)26(21,22)18-7-5-13(24-2)11-17(18)25-3/h4-7,10-11H,8-9H2,1-3H3. The molecule has 1 aliphatic heterocycles. The number of carbonyl (C=O) groups excluding carboxylic acids is 1. The second kappa shape index (κ2) is 6.87. The van der Waals surface area contributed by atoms with E-state index >= 15 is 0 Å². The average molecular weight is 377 g/mol. The molecule has 138 valence electrons. The zero-order valence-corrected chi connectivity index (χ0v) is 15.5. The minimum Gasteiger partial charge on any atom is -0.497 e. The average Bonchev–Trinajstić information content (AvgIpc) is 2.67. The summed E-state index contributed by atoms with van der Waals surface area (Å²) in [7, 11) is 0.449. The van der Waals surface area contributed by atoms with Crippen molar-refractivity contribution in [1.82, 2.24) is 0 Å². The molecule has 0 atom stereocenters. The van der Waals surface area contributed by atoms with Crippen LogP contribution in [0.4, 0.5) is 5.69 Å². The number of ether oxygens (including phenoxy) is 3. The minimum absolute atomic E-state index is 0.0110. The Bertz CT molecular complexity index is 954. The van der Waals surface area contributed by atoms with Crippen LogP contribution in [0.1, 0.15) is 16.8 Å². The fourth-order valence-corrected chi connectivity index (χ4v) is 4.52. The Morgan fingerprint density at radius 2 is 1.58 bits per heavy atom. The van der Waals surface area contributed by atoms with E-state index in [0.717, 1.165) is 0 Å². The highest BCUT2D eigenvalue weighted by Gasteiger charge is 2.34. The van der Waals surface area contributed by atoms with E-state index in [1.54, 1.807) is 24.3 Å². The molecule has 0 aromatic heterocycles. The summed E-state index contributed by atoms with van der Waals surface area (Å²) in [6, 6.07) is 9.28. The number of fused-ring (bicyclic) bond motifs is 1. The minimum atomic E-state index is -3.93. The largest absolute Gasteiger partial charge is 0.497 e. The molecule has 0 spiro atoms. The summed E-state index contributed by atoms with van der Waals surface area (Å²) in [6.07, 6.45) is 0.0951. The molecule has 0 N–H and O–H groups in total. The fraction of sp³-hybridized carbons (Fsp3) is 0.278. The van der Waals surface area contributed by atoms with Gasteiger partial charge in [-0.25, -0.2) is 8.42 Å². The van der Waals surface area contributed by atoms with Gasteiger partial charge in [0.05, 0.1) is 27.0 Å². The van der Waals surface area contributed by atoms with Crippen molar-refractivity contribution in [2.75, 3.05) is 32.2 Å². The van der Waals surface area contributed by atoms with E-state index in [1.807, 2.05) is 0 Å². The lowest BCUT2D eigenvalue weighted by atomic mass is 10.0. The van der Waals surface area contributed by atoms with Gasteiger partial charge >= 0.3 is 0 Å². The van der Waals surface area contributed by atoms with Crippen LogP contribution in [0.5, 0.6) is 17.2 Å². The van der Waals surface area contributed by atoms with Crippen molar-refractivity contribution in [3.05, 3.63) is 42.0 Å². The molecule has 0 unspecified atom stereocenters. The first-order valence-corrected chi connectivity index (χ1v) is 9.32. The van der Waals surface area contributed by atoms with Crippen molar-refractivity contribution in [3.63, 3.8) is 0 Å². The maximum atomic E-state index is 13.3. The zero-order chi connectivity index (χ0) is 18.9. The summed E-state index contributed by atoms with van der Waals surface area (Å²) >= 11 is 0. The zero-order valence-electron chi connectivity index (χ0n) is 14.7. The van der Waals surface area contributed by atoms with E-state index in [4.69, 9.17) is 14.2 Å². The molecule has 3 rings (SSSR count). The number of methoxy groups -OCH3 is 3. The first-order chi connectivity index (χ1) is 12.4. The van der Waals surface area contributed by atoms with Crippen LogP contribution in [0.25, 0.3) is 0 Å². The van der Waals surface area contributed by atoms with Crippen LogP contribution in [0.15, 0.2) is 41.3 Å². The van der Waals surface area contributed by atoms with E-state index in [1.165, 1.54) is 37.8 Å². The van der Waals surface area contributed by atoms with Gasteiger partial charge in [0.15, 0.2) is 5.78 Å². The molecule has 2 aromatic rings. The van der Waals surface area contributed by atoms with Gasteiger partial charge in [0.25, 0.3) is 10.0 Å². The highest BCUT2D eigenvalue weighted by atomic mass is 32.2. The third kappa shape index (κ3) is 2.96. The second-order valence-corrected chi connectivity index (χ2v) is 7.48. The van der Waals surface area contributed by atoms with Gasteiger partial charge in [-0.3, -0.25) is 9.10 Å². The van der Waals surface area contributed by atoms with Gasteiger partial charge < -0.3 is 14.2 Å². The van der Waals surface area contributed by atoms with Gasteiger partial charge in [0, 0.05) is 24.6 Å². The summed E-state index contributed by atoms with van der Waals surface area (Å²) in [6.45, 7) is 0.0652. The van der Waals surface area contributed by atoms with Gasteiger partial charge in [0.1, 0.15) is 22.1 Å². The number of anilines is 1. The number of Topliss-reactive ketones (excluding diaryl/α,β-unsaturated/α-hetero) is 1. The molecule has 1 heterocycles. The van der Waals surface area contributed by atoms with Gasteiger partial charge in [-0.05, 0) is 30.3 Å². The van der Waals surface area contributed by atoms with Gasteiger partial charge in [-0.15, -0.1) is 0 Å². The van der Waals surface area contributed by atoms with Crippen LogP contribution in [0.2, 0.25) is 0 Å². The number of carbonyl (C=O) groups is 1. The summed E-state index contributed by atoms with van der Waals surface area (Å²) in [4.78, 5) is 12.3. The Morgan fingerprint density at radius 3 is 2.23 bits per heavy atom. The predicted molar refractivity (Wildman–Crippen MR) is 96.0 cm³/mol. The molecular weight excluding hydrogens is 358 g/mol. The number of ketones is 1. The fourth-order valence-electron chi connectivity index (χ4n) is 2.90. The number of benzene rings is 2. The lowest BCUT2D eigenvalue weighted by Crippen LogP contribution is -2.37. The molecule has 0 aliphatic carbocycles. The normalized spacial score (nSPS) is 14.0. The van der Waals surface area contributed by atoms with Crippen LogP contribution >= 0.6 is 0 Å². The van der Waals surface area contributed by atoms with Crippen molar-refractivity contribution in [1.29, 1.82) is 0 Å². The molecule has 0 radical (unpaired) electrons. The van der Waals surface area contributed by atoms with E-state index in [0.29, 0.717) is 22.7 Å². The molecule has 0 saturated carbocycles. The summed E-state index contributed by atoms with van der Waals surface area (Å²) in [5.74, 6) is 1.04. The number of hydrogen-bond donors (Lipinski definition) is 0. The molecular formula is C18H19NO6S. The van der Waals surface area contributed by atoms with E-state index in [2.05, 4.69) is 0 Å². The summed E-state index contributed by atoms with van der Waals surface area (Å²) in [5.41, 5.74) is 0.659. The van der Waals surface area contributed by atoms with Crippen molar-refractivity contribution in [2.24, 2.45) is 0 Å². The van der Waals surface area contributed by atoms with Crippen molar-refractivity contribution in [2.45, 2.75) is 11.3 Å². The van der Waals surface area contributed by atoms with E-state index < -0.39 is 10.0 Å². The topological polar surface area (TPSA) is 82.1 Å². The van der Waals surface area contributed by atoms with Crippen molar-refractivity contribution in [3.8, 4) is 17.2 Å². The van der Waals surface area contributed by atoms with Gasteiger partial charge in [-0.2, -0.15) is 0 Å². The molecule has 0 amide bonds. The Labute approximate surface area is 152 Å². The summed E-state index contributed by atoms with van der Waals surface area (Å²) in [5, 5.41) is 0. The first-order valence-electron chi connectivity index (χ1n) is 7.88. The molecule has 8 heteroatoms. The SMILES string of the molecule is COc1ccc(S(=O)(=O)N2CCC(=O)c3cc(OC)ccc32)c(OC)c1. The smallest absolute Gasteiger partial charge is 0.268 e. The van der Waals surface area contributed by atoms with Crippen molar-refractivity contribution >= 4 is 21.5 Å².